The summed E-state index contributed by atoms with van der Waals surface area (Å²) in [5.41, 5.74) is 7.97. The van der Waals surface area contributed by atoms with Crippen molar-refractivity contribution in [3.05, 3.63) is 91.0 Å². The summed E-state index contributed by atoms with van der Waals surface area (Å²) in [7, 11) is 0. The van der Waals surface area contributed by atoms with E-state index in [1.165, 1.54) is 27.3 Å². The van der Waals surface area contributed by atoms with E-state index in [1.807, 2.05) is 0 Å². The SMILES string of the molecule is CC(C)(C)n1c2ccccc2n2c3ccc4c5ccccc5n(-c5ccccc5)c4c3nc12. The van der Waals surface area contributed by atoms with Crippen LogP contribution in [0.25, 0.3) is 55.3 Å². The van der Waals surface area contributed by atoms with Gasteiger partial charge < -0.3 is 9.13 Å². The normalized spacial score (nSPS) is 12.7. The summed E-state index contributed by atoms with van der Waals surface area (Å²) >= 11 is 0. The zero-order valence-electron chi connectivity index (χ0n) is 18.9. The van der Waals surface area contributed by atoms with Gasteiger partial charge in [-0.2, -0.15) is 0 Å². The largest absolute Gasteiger partial charge is 0.307 e. The predicted molar refractivity (Wildman–Crippen MR) is 138 cm³/mol. The minimum atomic E-state index is -0.100. The Labute approximate surface area is 191 Å². The highest BCUT2D eigenvalue weighted by Gasteiger charge is 2.25. The average Bonchev–Trinajstić information content (AvgIpc) is 3.45. The van der Waals surface area contributed by atoms with Crippen molar-refractivity contribution in [3.8, 4) is 5.69 Å². The molecule has 0 radical (unpaired) electrons. The Bertz CT molecular complexity index is 1840. The van der Waals surface area contributed by atoms with E-state index >= 15 is 0 Å². The number of nitrogens with zero attached hydrogens (tertiary/aromatic N) is 4. The first kappa shape index (κ1) is 18.5. The summed E-state index contributed by atoms with van der Waals surface area (Å²) in [6.45, 7) is 6.74. The lowest BCUT2D eigenvalue weighted by molar-refractivity contribution is 0.419. The highest BCUT2D eigenvalue weighted by atomic mass is 15.2. The smallest absolute Gasteiger partial charge is 0.216 e. The summed E-state index contributed by atoms with van der Waals surface area (Å²) < 4.78 is 7.05. The Balaban J connectivity index is 1.75. The van der Waals surface area contributed by atoms with Gasteiger partial charge in [0, 0.05) is 22.0 Å². The third kappa shape index (κ3) is 2.38. The van der Waals surface area contributed by atoms with Crippen molar-refractivity contribution in [1.82, 2.24) is 18.5 Å². The first-order chi connectivity index (χ1) is 16.0. The summed E-state index contributed by atoms with van der Waals surface area (Å²) in [6, 6.07) is 32.4. The fourth-order valence-electron chi connectivity index (χ4n) is 5.42. The monoisotopic (exact) mass is 428 g/mol. The van der Waals surface area contributed by atoms with Gasteiger partial charge in [0.2, 0.25) is 5.78 Å². The van der Waals surface area contributed by atoms with E-state index in [-0.39, 0.29) is 5.54 Å². The molecule has 0 amide bonds. The molecule has 7 aromatic rings. The summed E-state index contributed by atoms with van der Waals surface area (Å²) in [6.07, 6.45) is 0. The summed E-state index contributed by atoms with van der Waals surface area (Å²) in [5, 5.41) is 2.48. The molecule has 0 fully saturated rings. The van der Waals surface area contributed by atoms with Crippen LogP contribution in [0.4, 0.5) is 0 Å². The fourth-order valence-corrected chi connectivity index (χ4v) is 5.42. The number of hydrogen-bond acceptors (Lipinski definition) is 1. The van der Waals surface area contributed by atoms with Crippen molar-refractivity contribution >= 4 is 49.7 Å². The Morgan fingerprint density at radius 1 is 0.606 bits per heavy atom. The van der Waals surface area contributed by atoms with Crippen LogP contribution in [0, 0.1) is 0 Å². The molecule has 0 N–H and O–H groups in total. The van der Waals surface area contributed by atoms with Crippen LogP contribution in [-0.4, -0.2) is 18.5 Å². The molecule has 4 nitrogen and oxygen atoms in total. The zero-order valence-corrected chi connectivity index (χ0v) is 18.9. The number of fused-ring (bicyclic) bond motifs is 9. The second-order valence-corrected chi connectivity index (χ2v) is 9.76. The number of rotatable bonds is 1. The highest BCUT2D eigenvalue weighted by molar-refractivity contribution is 6.18. The lowest BCUT2D eigenvalue weighted by atomic mass is 10.1. The van der Waals surface area contributed by atoms with E-state index < -0.39 is 0 Å². The van der Waals surface area contributed by atoms with Gasteiger partial charge in [-0.1, -0.05) is 48.5 Å². The first-order valence-corrected chi connectivity index (χ1v) is 11.4. The van der Waals surface area contributed by atoms with Crippen LogP contribution in [0.15, 0.2) is 91.0 Å². The van der Waals surface area contributed by atoms with E-state index in [0.29, 0.717) is 0 Å². The first-order valence-electron chi connectivity index (χ1n) is 11.4. The molecule has 0 atom stereocenters. The molecule has 0 aliphatic carbocycles. The number of benzene rings is 4. The molecular formula is C29H24N4. The number of hydrogen-bond donors (Lipinski definition) is 0. The maximum absolute atomic E-state index is 5.33. The molecule has 33 heavy (non-hydrogen) atoms. The standard InChI is InChI=1S/C29H24N4/c1-29(2,3)33-24-16-10-9-15-23(24)32-25-18-17-21-20-13-7-8-14-22(20)31(19-11-5-4-6-12-19)27(21)26(25)30-28(32)33/h4-18H,1-3H3. The van der Waals surface area contributed by atoms with Gasteiger partial charge in [0.25, 0.3) is 0 Å². The molecule has 0 spiro atoms. The van der Waals surface area contributed by atoms with E-state index in [9.17, 15) is 0 Å². The van der Waals surface area contributed by atoms with Gasteiger partial charge in [-0.3, -0.25) is 4.40 Å². The van der Waals surface area contributed by atoms with Crippen LogP contribution in [0.5, 0.6) is 0 Å². The highest BCUT2D eigenvalue weighted by Crippen LogP contribution is 2.38. The third-order valence-corrected chi connectivity index (χ3v) is 6.69. The summed E-state index contributed by atoms with van der Waals surface area (Å²) in [5.74, 6) is 0.982. The second-order valence-electron chi connectivity index (χ2n) is 9.76. The Kier molecular flexibility index (Phi) is 3.51. The van der Waals surface area contributed by atoms with Crippen LogP contribution < -0.4 is 0 Å². The van der Waals surface area contributed by atoms with Gasteiger partial charge in [-0.05, 0) is 63.2 Å². The van der Waals surface area contributed by atoms with Crippen molar-refractivity contribution in [2.24, 2.45) is 0 Å². The molecule has 3 heterocycles. The van der Waals surface area contributed by atoms with E-state index in [4.69, 9.17) is 4.98 Å². The Hall–Kier alpha value is -4.05. The van der Waals surface area contributed by atoms with E-state index in [1.54, 1.807) is 0 Å². The van der Waals surface area contributed by atoms with Crippen molar-refractivity contribution in [1.29, 1.82) is 0 Å². The molecule has 0 saturated heterocycles. The maximum atomic E-state index is 5.33. The second kappa shape index (κ2) is 6.26. The lowest BCUT2D eigenvalue weighted by Gasteiger charge is -2.22. The molecule has 7 rings (SSSR count). The number of imidazole rings is 2. The average molecular weight is 429 g/mol. The maximum Gasteiger partial charge on any atom is 0.216 e. The predicted octanol–water partition coefficient (Wildman–Crippen LogP) is 7.29. The molecule has 4 aromatic carbocycles. The van der Waals surface area contributed by atoms with Gasteiger partial charge in [0.05, 0.1) is 27.6 Å². The molecule has 0 aliphatic rings. The molecule has 0 unspecified atom stereocenters. The minimum Gasteiger partial charge on any atom is -0.307 e. The Morgan fingerprint density at radius 2 is 1.27 bits per heavy atom. The molecule has 0 bridgehead atoms. The third-order valence-electron chi connectivity index (χ3n) is 6.69. The molecule has 3 aromatic heterocycles. The Morgan fingerprint density at radius 3 is 2.03 bits per heavy atom. The number of para-hydroxylation sites is 4. The van der Waals surface area contributed by atoms with Gasteiger partial charge >= 0.3 is 0 Å². The van der Waals surface area contributed by atoms with Crippen LogP contribution in [0.3, 0.4) is 0 Å². The molecule has 0 aliphatic heterocycles. The topological polar surface area (TPSA) is 27.2 Å². The van der Waals surface area contributed by atoms with E-state index in [2.05, 4.69) is 125 Å². The minimum absolute atomic E-state index is 0.100. The van der Waals surface area contributed by atoms with Gasteiger partial charge in [-0.25, -0.2) is 4.98 Å². The van der Waals surface area contributed by atoms with Crippen LogP contribution >= 0.6 is 0 Å². The molecule has 4 heteroatoms. The van der Waals surface area contributed by atoms with Crippen molar-refractivity contribution in [3.63, 3.8) is 0 Å². The van der Waals surface area contributed by atoms with Crippen molar-refractivity contribution in [2.75, 3.05) is 0 Å². The quantitative estimate of drug-likeness (QED) is 0.270. The van der Waals surface area contributed by atoms with Gasteiger partial charge in [-0.15, -0.1) is 0 Å². The zero-order chi connectivity index (χ0) is 22.3. The van der Waals surface area contributed by atoms with E-state index in [0.717, 1.165) is 28.0 Å². The van der Waals surface area contributed by atoms with Crippen molar-refractivity contribution < 1.29 is 0 Å². The number of aromatic nitrogens is 4. The van der Waals surface area contributed by atoms with Crippen LogP contribution in [0.2, 0.25) is 0 Å². The molecule has 160 valence electrons. The molecular weight excluding hydrogens is 404 g/mol. The van der Waals surface area contributed by atoms with Crippen LogP contribution in [0.1, 0.15) is 20.8 Å². The fraction of sp³-hybridized carbons (Fsp3) is 0.138. The van der Waals surface area contributed by atoms with Crippen molar-refractivity contribution in [2.45, 2.75) is 26.3 Å². The van der Waals surface area contributed by atoms with Gasteiger partial charge in [0.1, 0.15) is 5.52 Å². The molecule has 0 saturated carbocycles. The summed E-state index contributed by atoms with van der Waals surface area (Å²) in [4.78, 5) is 5.33. The van der Waals surface area contributed by atoms with Gasteiger partial charge in [0.15, 0.2) is 0 Å². The lowest BCUT2D eigenvalue weighted by Crippen LogP contribution is -2.21. The van der Waals surface area contributed by atoms with Crippen LogP contribution in [-0.2, 0) is 5.54 Å².